The Bertz CT molecular complexity index is 795. The van der Waals surface area contributed by atoms with Crippen molar-refractivity contribution in [1.82, 2.24) is 24.8 Å². The molecule has 0 radical (unpaired) electrons. The summed E-state index contributed by atoms with van der Waals surface area (Å²) in [6.07, 6.45) is 8.48. The fourth-order valence-electron chi connectivity index (χ4n) is 3.77. The van der Waals surface area contributed by atoms with Crippen LogP contribution in [-0.2, 0) is 4.79 Å². The molecule has 0 bridgehead atoms. The molecule has 0 aliphatic carbocycles. The van der Waals surface area contributed by atoms with Crippen LogP contribution < -0.4 is 0 Å². The second kappa shape index (κ2) is 7.82. The average molecular weight is 365 g/mol. The molecule has 0 unspecified atom stereocenters. The largest absolute Gasteiger partial charge is 0.342 e. The lowest BCUT2D eigenvalue weighted by Crippen LogP contribution is -2.43. The number of nitrogens with zero attached hydrogens (tertiary/aromatic N) is 5. The van der Waals surface area contributed by atoms with E-state index in [4.69, 9.17) is 0 Å². The van der Waals surface area contributed by atoms with Crippen LogP contribution >= 0.6 is 0 Å². The Morgan fingerprint density at radius 3 is 2.22 bits per heavy atom. The number of pyridine rings is 1. The van der Waals surface area contributed by atoms with E-state index in [0.29, 0.717) is 30.2 Å². The fourth-order valence-corrected chi connectivity index (χ4v) is 3.77. The highest BCUT2D eigenvalue weighted by Gasteiger charge is 2.31. The predicted molar refractivity (Wildman–Crippen MR) is 99.7 cm³/mol. The third kappa shape index (κ3) is 3.82. The summed E-state index contributed by atoms with van der Waals surface area (Å²) in [5.74, 6) is 0.745. The summed E-state index contributed by atoms with van der Waals surface area (Å²) in [5, 5.41) is 0. The molecule has 0 atom stereocenters. The van der Waals surface area contributed by atoms with Crippen molar-refractivity contribution >= 4 is 11.8 Å². The number of aromatic nitrogens is 3. The third-order valence-corrected chi connectivity index (χ3v) is 5.34. The van der Waals surface area contributed by atoms with Crippen molar-refractivity contribution in [3.63, 3.8) is 0 Å². The van der Waals surface area contributed by atoms with Crippen molar-refractivity contribution in [2.24, 2.45) is 5.92 Å². The van der Waals surface area contributed by atoms with Crippen LogP contribution in [0, 0.1) is 5.92 Å². The van der Waals surface area contributed by atoms with Gasteiger partial charge in [0.15, 0.2) is 5.82 Å². The van der Waals surface area contributed by atoms with Crippen molar-refractivity contribution in [3.05, 3.63) is 42.4 Å². The summed E-state index contributed by atoms with van der Waals surface area (Å²) in [5.41, 5.74) is 1.15. The first-order chi connectivity index (χ1) is 13.2. The van der Waals surface area contributed by atoms with Crippen LogP contribution in [0.3, 0.4) is 0 Å². The van der Waals surface area contributed by atoms with E-state index in [1.165, 1.54) is 0 Å². The topological polar surface area (TPSA) is 79.3 Å². The summed E-state index contributed by atoms with van der Waals surface area (Å²) in [6, 6.07) is 5.54. The molecule has 0 saturated carbocycles. The van der Waals surface area contributed by atoms with E-state index in [-0.39, 0.29) is 17.7 Å². The van der Waals surface area contributed by atoms with Gasteiger partial charge >= 0.3 is 0 Å². The van der Waals surface area contributed by atoms with Crippen molar-refractivity contribution < 1.29 is 9.59 Å². The quantitative estimate of drug-likeness (QED) is 0.831. The molecule has 2 aliphatic heterocycles. The summed E-state index contributed by atoms with van der Waals surface area (Å²) >= 11 is 0. The van der Waals surface area contributed by atoms with Crippen LogP contribution in [0.1, 0.15) is 36.0 Å². The molecule has 2 aromatic rings. The fraction of sp³-hybridized carbons (Fsp3) is 0.450. The Kier molecular flexibility index (Phi) is 5.09. The third-order valence-electron chi connectivity index (χ3n) is 5.34. The molecule has 0 spiro atoms. The van der Waals surface area contributed by atoms with Gasteiger partial charge in [-0.15, -0.1) is 0 Å². The van der Waals surface area contributed by atoms with Gasteiger partial charge in [0, 0.05) is 50.7 Å². The van der Waals surface area contributed by atoms with E-state index in [0.717, 1.165) is 38.8 Å². The van der Waals surface area contributed by atoms with E-state index in [1.807, 2.05) is 23.1 Å². The van der Waals surface area contributed by atoms with Crippen molar-refractivity contribution in [3.8, 4) is 11.5 Å². The Labute approximate surface area is 158 Å². The van der Waals surface area contributed by atoms with Gasteiger partial charge < -0.3 is 9.80 Å². The molecule has 7 nitrogen and oxygen atoms in total. The van der Waals surface area contributed by atoms with Crippen LogP contribution in [-0.4, -0.2) is 62.7 Å². The maximum atomic E-state index is 12.7. The SMILES string of the molecule is O=C(c1cnc(-c2ccccn2)nc1)N1CCC(C(=O)N2CCCC2)CC1. The highest BCUT2D eigenvalue weighted by Crippen LogP contribution is 2.23. The molecule has 27 heavy (non-hydrogen) atoms. The maximum absolute atomic E-state index is 12.7. The van der Waals surface area contributed by atoms with Gasteiger partial charge in [0.25, 0.3) is 5.91 Å². The first-order valence-corrected chi connectivity index (χ1v) is 9.54. The van der Waals surface area contributed by atoms with E-state index in [2.05, 4.69) is 15.0 Å². The molecule has 2 aliphatic rings. The summed E-state index contributed by atoms with van der Waals surface area (Å²) in [6.45, 7) is 2.98. The Morgan fingerprint density at radius 1 is 0.889 bits per heavy atom. The normalized spacial score (nSPS) is 17.9. The predicted octanol–water partition coefficient (Wildman–Crippen LogP) is 2.01. The van der Waals surface area contributed by atoms with E-state index in [9.17, 15) is 9.59 Å². The first kappa shape index (κ1) is 17.6. The van der Waals surface area contributed by atoms with Gasteiger partial charge in [0.1, 0.15) is 5.69 Å². The van der Waals surface area contributed by atoms with Crippen LogP contribution in [0.2, 0.25) is 0 Å². The molecule has 0 N–H and O–H groups in total. The summed E-state index contributed by atoms with van der Waals surface area (Å²) < 4.78 is 0. The lowest BCUT2D eigenvalue weighted by molar-refractivity contribution is -0.135. The number of amides is 2. The van der Waals surface area contributed by atoms with Gasteiger partial charge in [-0.25, -0.2) is 9.97 Å². The number of piperidine rings is 1. The number of carbonyl (C=O) groups excluding carboxylic acids is 2. The highest BCUT2D eigenvalue weighted by molar-refractivity contribution is 5.94. The number of likely N-dealkylation sites (tertiary alicyclic amines) is 2. The van der Waals surface area contributed by atoms with Crippen LogP contribution in [0.5, 0.6) is 0 Å². The van der Waals surface area contributed by atoms with Crippen molar-refractivity contribution in [2.45, 2.75) is 25.7 Å². The molecule has 2 amide bonds. The molecular formula is C20H23N5O2. The second-order valence-corrected chi connectivity index (χ2v) is 7.11. The molecule has 7 heteroatoms. The molecule has 2 aromatic heterocycles. The Morgan fingerprint density at radius 2 is 1.59 bits per heavy atom. The molecule has 140 valence electrons. The molecule has 4 rings (SSSR count). The van der Waals surface area contributed by atoms with E-state index < -0.39 is 0 Å². The number of hydrogen-bond acceptors (Lipinski definition) is 5. The molecule has 2 saturated heterocycles. The van der Waals surface area contributed by atoms with Crippen molar-refractivity contribution in [1.29, 1.82) is 0 Å². The summed E-state index contributed by atoms with van der Waals surface area (Å²) in [7, 11) is 0. The van der Waals surface area contributed by atoms with Gasteiger partial charge in [-0.3, -0.25) is 14.6 Å². The number of hydrogen-bond donors (Lipinski definition) is 0. The first-order valence-electron chi connectivity index (χ1n) is 9.54. The lowest BCUT2D eigenvalue weighted by Gasteiger charge is -2.33. The minimum absolute atomic E-state index is 0.0509. The molecule has 4 heterocycles. The van der Waals surface area contributed by atoms with Crippen LogP contribution in [0.25, 0.3) is 11.5 Å². The number of carbonyl (C=O) groups is 2. The maximum Gasteiger partial charge on any atom is 0.256 e. The van der Waals surface area contributed by atoms with Gasteiger partial charge in [-0.05, 0) is 37.8 Å². The van der Waals surface area contributed by atoms with Gasteiger partial charge in [0.2, 0.25) is 5.91 Å². The molecule has 2 fully saturated rings. The second-order valence-electron chi connectivity index (χ2n) is 7.11. The van der Waals surface area contributed by atoms with Crippen LogP contribution in [0.4, 0.5) is 0 Å². The standard InChI is InChI=1S/C20H23N5O2/c26-19(24-9-3-4-10-24)15-6-11-25(12-7-15)20(27)16-13-22-18(23-14-16)17-5-1-2-8-21-17/h1-2,5,8,13-15H,3-4,6-7,9-12H2. The van der Waals surface area contributed by atoms with Crippen LogP contribution in [0.15, 0.2) is 36.8 Å². The van der Waals surface area contributed by atoms with E-state index >= 15 is 0 Å². The zero-order valence-electron chi connectivity index (χ0n) is 15.3. The monoisotopic (exact) mass is 365 g/mol. The zero-order valence-corrected chi connectivity index (χ0v) is 15.3. The minimum atomic E-state index is -0.0744. The van der Waals surface area contributed by atoms with Gasteiger partial charge in [-0.1, -0.05) is 6.07 Å². The Balaban J connectivity index is 1.36. The van der Waals surface area contributed by atoms with Crippen molar-refractivity contribution in [2.75, 3.05) is 26.2 Å². The number of rotatable bonds is 3. The smallest absolute Gasteiger partial charge is 0.256 e. The Hall–Kier alpha value is -2.83. The minimum Gasteiger partial charge on any atom is -0.342 e. The molecular weight excluding hydrogens is 342 g/mol. The average Bonchev–Trinajstić information content (AvgIpc) is 3.28. The van der Waals surface area contributed by atoms with Gasteiger partial charge in [0.05, 0.1) is 5.56 Å². The summed E-state index contributed by atoms with van der Waals surface area (Å²) in [4.78, 5) is 41.8. The highest BCUT2D eigenvalue weighted by atomic mass is 16.2. The molecule has 0 aromatic carbocycles. The lowest BCUT2D eigenvalue weighted by atomic mass is 9.95. The van der Waals surface area contributed by atoms with Gasteiger partial charge in [-0.2, -0.15) is 0 Å². The van der Waals surface area contributed by atoms with E-state index in [1.54, 1.807) is 23.5 Å². The zero-order chi connectivity index (χ0) is 18.6.